The third-order valence-corrected chi connectivity index (χ3v) is 2.90. The molecule has 2 rings (SSSR count). The average Bonchev–Trinajstić information content (AvgIpc) is 2.78. The van der Waals surface area contributed by atoms with Crippen molar-refractivity contribution < 1.29 is 4.74 Å². The van der Waals surface area contributed by atoms with E-state index in [-0.39, 0.29) is 6.10 Å². The monoisotopic (exact) mass is 230 g/mol. The number of nitrogens with zero attached hydrogens (tertiary/aromatic N) is 2. The summed E-state index contributed by atoms with van der Waals surface area (Å²) in [5, 5.41) is 0. The highest BCUT2D eigenvalue weighted by Crippen LogP contribution is 2.21. The summed E-state index contributed by atoms with van der Waals surface area (Å²) in [5.74, 6) is 0. The van der Waals surface area contributed by atoms with Crippen LogP contribution in [0, 0.1) is 13.8 Å². The second kappa shape index (κ2) is 5.15. The van der Waals surface area contributed by atoms with Gasteiger partial charge in [-0.25, -0.2) is 4.98 Å². The molecule has 3 nitrogen and oxygen atoms in total. The number of imidazole rings is 1. The third-order valence-electron chi connectivity index (χ3n) is 2.90. The van der Waals surface area contributed by atoms with Crippen LogP contribution in [0.25, 0.3) is 0 Å². The molecular formula is C14H18N2O. The summed E-state index contributed by atoms with van der Waals surface area (Å²) in [6.45, 7) is 6.84. The standard InChI is InChI=1S/C14H18N2O/c1-11-4-5-14(12(2)8-11)13(3)17-10-16-7-6-15-9-16/h4-9,13H,10H2,1-3H3. The molecule has 1 unspecified atom stereocenters. The first-order valence-corrected chi connectivity index (χ1v) is 5.81. The van der Waals surface area contributed by atoms with Crippen molar-refractivity contribution in [1.82, 2.24) is 9.55 Å². The number of ether oxygens (including phenoxy) is 1. The molecule has 17 heavy (non-hydrogen) atoms. The van der Waals surface area contributed by atoms with Crippen LogP contribution in [0.4, 0.5) is 0 Å². The molecule has 0 aliphatic carbocycles. The molecular weight excluding hydrogens is 212 g/mol. The van der Waals surface area contributed by atoms with Crippen LogP contribution in [0.1, 0.15) is 29.7 Å². The Labute approximate surface area is 102 Å². The van der Waals surface area contributed by atoms with Crippen LogP contribution < -0.4 is 0 Å². The number of hydrogen-bond acceptors (Lipinski definition) is 2. The molecule has 0 radical (unpaired) electrons. The van der Waals surface area contributed by atoms with Crippen molar-refractivity contribution in [3.63, 3.8) is 0 Å². The predicted octanol–water partition coefficient (Wildman–Crippen LogP) is 3.24. The van der Waals surface area contributed by atoms with Crippen molar-refractivity contribution in [2.45, 2.75) is 33.6 Å². The van der Waals surface area contributed by atoms with Gasteiger partial charge in [0, 0.05) is 12.4 Å². The molecule has 0 aliphatic rings. The van der Waals surface area contributed by atoms with Gasteiger partial charge in [0.2, 0.25) is 0 Å². The molecule has 1 aromatic carbocycles. The van der Waals surface area contributed by atoms with Crippen LogP contribution in [-0.2, 0) is 11.5 Å². The molecule has 90 valence electrons. The number of rotatable bonds is 4. The van der Waals surface area contributed by atoms with Gasteiger partial charge in [0.15, 0.2) is 0 Å². The summed E-state index contributed by atoms with van der Waals surface area (Å²) >= 11 is 0. The molecule has 0 saturated heterocycles. The molecule has 1 atom stereocenters. The van der Waals surface area contributed by atoms with E-state index in [1.54, 1.807) is 12.5 Å². The van der Waals surface area contributed by atoms with Crippen molar-refractivity contribution in [2.24, 2.45) is 0 Å². The van der Waals surface area contributed by atoms with Gasteiger partial charge in [-0.2, -0.15) is 0 Å². The smallest absolute Gasteiger partial charge is 0.124 e. The van der Waals surface area contributed by atoms with Crippen LogP contribution in [0.15, 0.2) is 36.9 Å². The summed E-state index contributed by atoms with van der Waals surface area (Å²) in [5.41, 5.74) is 3.81. The van der Waals surface area contributed by atoms with Crippen LogP contribution in [0.5, 0.6) is 0 Å². The van der Waals surface area contributed by atoms with E-state index in [0.29, 0.717) is 6.73 Å². The molecule has 0 spiro atoms. The van der Waals surface area contributed by atoms with Gasteiger partial charge in [-0.05, 0) is 31.9 Å². The lowest BCUT2D eigenvalue weighted by molar-refractivity contribution is 0.0163. The fourth-order valence-electron chi connectivity index (χ4n) is 1.93. The zero-order valence-corrected chi connectivity index (χ0v) is 10.6. The van der Waals surface area contributed by atoms with E-state index < -0.39 is 0 Å². The lowest BCUT2D eigenvalue weighted by Crippen LogP contribution is -2.06. The Morgan fingerprint density at radius 1 is 1.35 bits per heavy atom. The Kier molecular flexibility index (Phi) is 3.59. The second-order valence-corrected chi connectivity index (χ2v) is 4.37. The molecule has 0 fully saturated rings. The Bertz CT molecular complexity index is 477. The summed E-state index contributed by atoms with van der Waals surface area (Å²) in [4.78, 5) is 3.98. The Morgan fingerprint density at radius 3 is 2.82 bits per heavy atom. The van der Waals surface area contributed by atoms with E-state index in [1.807, 2.05) is 10.8 Å². The quantitative estimate of drug-likeness (QED) is 0.806. The summed E-state index contributed by atoms with van der Waals surface area (Å²) < 4.78 is 7.73. The molecule has 2 aromatic rings. The molecule has 0 N–H and O–H groups in total. The minimum absolute atomic E-state index is 0.0954. The lowest BCUT2D eigenvalue weighted by atomic mass is 10.0. The Hall–Kier alpha value is -1.61. The van der Waals surface area contributed by atoms with Gasteiger partial charge in [-0.1, -0.05) is 23.8 Å². The van der Waals surface area contributed by atoms with Crippen molar-refractivity contribution in [2.75, 3.05) is 0 Å². The van der Waals surface area contributed by atoms with Crippen LogP contribution in [-0.4, -0.2) is 9.55 Å². The number of aromatic nitrogens is 2. The van der Waals surface area contributed by atoms with E-state index in [4.69, 9.17) is 4.74 Å². The lowest BCUT2D eigenvalue weighted by Gasteiger charge is -2.16. The largest absolute Gasteiger partial charge is 0.353 e. The molecule has 1 heterocycles. The molecule has 0 bridgehead atoms. The number of benzene rings is 1. The van der Waals surface area contributed by atoms with Crippen LogP contribution >= 0.6 is 0 Å². The summed E-state index contributed by atoms with van der Waals surface area (Å²) in [6, 6.07) is 6.45. The van der Waals surface area contributed by atoms with Crippen molar-refractivity contribution in [3.05, 3.63) is 53.6 Å². The van der Waals surface area contributed by atoms with E-state index in [1.165, 1.54) is 16.7 Å². The minimum atomic E-state index is 0.0954. The van der Waals surface area contributed by atoms with Crippen molar-refractivity contribution in [1.29, 1.82) is 0 Å². The zero-order valence-electron chi connectivity index (χ0n) is 10.6. The first-order chi connectivity index (χ1) is 8.16. The maximum atomic E-state index is 5.82. The summed E-state index contributed by atoms with van der Waals surface area (Å²) in [6.07, 6.45) is 5.51. The van der Waals surface area contributed by atoms with Crippen molar-refractivity contribution in [3.8, 4) is 0 Å². The Balaban J connectivity index is 2.01. The first kappa shape index (κ1) is 11.9. The van der Waals surface area contributed by atoms with Gasteiger partial charge >= 0.3 is 0 Å². The summed E-state index contributed by atoms with van der Waals surface area (Å²) in [7, 11) is 0. The SMILES string of the molecule is Cc1ccc(C(C)OCn2ccnc2)c(C)c1. The molecule has 1 aromatic heterocycles. The topological polar surface area (TPSA) is 27.1 Å². The molecule has 0 amide bonds. The number of hydrogen-bond donors (Lipinski definition) is 0. The zero-order chi connectivity index (χ0) is 12.3. The second-order valence-electron chi connectivity index (χ2n) is 4.37. The predicted molar refractivity (Wildman–Crippen MR) is 67.6 cm³/mol. The highest BCUT2D eigenvalue weighted by Gasteiger charge is 2.08. The fraction of sp³-hybridized carbons (Fsp3) is 0.357. The Morgan fingerprint density at radius 2 is 2.18 bits per heavy atom. The van der Waals surface area contributed by atoms with Gasteiger partial charge in [0.05, 0.1) is 12.4 Å². The molecule has 0 saturated carbocycles. The van der Waals surface area contributed by atoms with Crippen LogP contribution in [0.2, 0.25) is 0 Å². The third kappa shape index (κ3) is 2.94. The van der Waals surface area contributed by atoms with Gasteiger partial charge in [-0.15, -0.1) is 0 Å². The van der Waals surface area contributed by atoms with Gasteiger partial charge in [0.25, 0.3) is 0 Å². The average molecular weight is 230 g/mol. The fourth-order valence-corrected chi connectivity index (χ4v) is 1.93. The van der Waals surface area contributed by atoms with Crippen molar-refractivity contribution >= 4 is 0 Å². The normalized spacial score (nSPS) is 12.6. The maximum Gasteiger partial charge on any atom is 0.124 e. The maximum absolute atomic E-state index is 5.82. The van der Waals surface area contributed by atoms with Gasteiger partial charge in [0.1, 0.15) is 6.73 Å². The highest BCUT2D eigenvalue weighted by molar-refractivity contribution is 5.31. The van der Waals surface area contributed by atoms with Gasteiger partial charge < -0.3 is 9.30 Å². The number of aryl methyl sites for hydroxylation is 2. The van der Waals surface area contributed by atoms with E-state index in [9.17, 15) is 0 Å². The highest BCUT2D eigenvalue weighted by atomic mass is 16.5. The van der Waals surface area contributed by atoms with E-state index in [2.05, 4.69) is 44.0 Å². The molecule has 0 aliphatic heterocycles. The van der Waals surface area contributed by atoms with Crippen LogP contribution in [0.3, 0.4) is 0 Å². The van der Waals surface area contributed by atoms with Gasteiger partial charge in [-0.3, -0.25) is 0 Å². The minimum Gasteiger partial charge on any atom is -0.353 e. The van der Waals surface area contributed by atoms with E-state index >= 15 is 0 Å². The first-order valence-electron chi connectivity index (χ1n) is 5.81. The molecule has 3 heteroatoms. The van der Waals surface area contributed by atoms with E-state index in [0.717, 1.165) is 0 Å².